The number of benzene rings is 2. The second kappa shape index (κ2) is 8.10. The van der Waals surface area contributed by atoms with E-state index >= 15 is 0 Å². The summed E-state index contributed by atoms with van der Waals surface area (Å²) in [6.07, 6.45) is 5.25. The van der Waals surface area contributed by atoms with Crippen LogP contribution in [0.4, 0.5) is 5.95 Å². The molecule has 0 fully saturated rings. The summed E-state index contributed by atoms with van der Waals surface area (Å²) in [6.45, 7) is 0.581. The minimum Gasteiger partial charge on any atom is -0.497 e. The fourth-order valence-electron chi connectivity index (χ4n) is 2.84. The van der Waals surface area contributed by atoms with Gasteiger partial charge in [0.15, 0.2) is 0 Å². The molecular weight excluding hydrogens is 374 g/mol. The third-order valence-electron chi connectivity index (χ3n) is 4.24. The molecule has 0 atom stereocenters. The maximum Gasteiger partial charge on any atom is 0.223 e. The number of methoxy groups -OCH3 is 1. The smallest absolute Gasteiger partial charge is 0.223 e. The quantitative estimate of drug-likeness (QED) is 0.493. The van der Waals surface area contributed by atoms with Gasteiger partial charge >= 0.3 is 0 Å². The van der Waals surface area contributed by atoms with Crippen molar-refractivity contribution in [2.24, 2.45) is 0 Å². The summed E-state index contributed by atoms with van der Waals surface area (Å²) in [6, 6.07) is 15.4. The van der Waals surface area contributed by atoms with E-state index in [-0.39, 0.29) is 0 Å². The summed E-state index contributed by atoms with van der Waals surface area (Å²) in [7, 11) is 1.65. The second-order valence-electron chi connectivity index (χ2n) is 6.11. The highest BCUT2D eigenvalue weighted by atomic mass is 35.5. The Labute approximate surface area is 167 Å². The zero-order valence-corrected chi connectivity index (χ0v) is 15.9. The normalized spacial score (nSPS) is 10.6. The lowest BCUT2D eigenvalue weighted by Gasteiger charge is -2.11. The molecule has 0 saturated carbocycles. The summed E-state index contributed by atoms with van der Waals surface area (Å²) in [5.41, 5.74) is 3.60. The van der Waals surface area contributed by atoms with Crippen LogP contribution in [0.1, 0.15) is 5.56 Å². The van der Waals surface area contributed by atoms with Crippen LogP contribution in [0.15, 0.2) is 67.1 Å². The molecule has 2 aromatic heterocycles. The van der Waals surface area contributed by atoms with E-state index in [2.05, 4.69) is 20.3 Å². The minimum absolute atomic E-state index is 0.531. The Balaban J connectivity index is 1.65. The Morgan fingerprint density at radius 3 is 2.71 bits per heavy atom. The van der Waals surface area contributed by atoms with Gasteiger partial charge in [-0.2, -0.15) is 0 Å². The number of nitrogens with one attached hydrogen (secondary N) is 2. The number of aromatic amines is 1. The Kier molecular flexibility index (Phi) is 5.21. The van der Waals surface area contributed by atoms with E-state index < -0.39 is 0 Å². The topological polar surface area (TPSA) is 75.7 Å². The first-order valence-electron chi connectivity index (χ1n) is 8.72. The fourth-order valence-corrected chi connectivity index (χ4v) is 2.97. The maximum absolute atomic E-state index is 6.04. The van der Waals surface area contributed by atoms with E-state index in [1.807, 2.05) is 48.5 Å². The van der Waals surface area contributed by atoms with Crippen LogP contribution in [0.2, 0.25) is 5.02 Å². The molecule has 0 aliphatic heterocycles. The molecule has 0 aliphatic rings. The van der Waals surface area contributed by atoms with Gasteiger partial charge in [-0.15, -0.1) is 0 Å². The third kappa shape index (κ3) is 3.97. The summed E-state index contributed by atoms with van der Waals surface area (Å²) in [5.74, 6) is 2.06. The zero-order valence-electron chi connectivity index (χ0n) is 15.2. The van der Waals surface area contributed by atoms with Crippen LogP contribution in [0, 0.1) is 0 Å². The van der Waals surface area contributed by atoms with E-state index in [1.165, 1.54) is 0 Å². The van der Waals surface area contributed by atoms with Crippen molar-refractivity contribution in [1.82, 2.24) is 19.9 Å². The molecule has 0 aliphatic carbocycles. The van der Waals surface area contributed by atoms with Crippen molar-refractivity contribution in [2.45, 2.75) is 6.54 Å². The van der Waals surface area contributed by atoms with Crippen LogP contribution < -0.4 is 10.1 Å². The maximum atomic E-state index is 6.04. The lowest BCUT2D eigenvalue weighted by molar-refractivity contribution is 0.414. The van der Waals surface area contributed by atoms with E-state index in [0.717, 1.165) is 28.1 Å². The van der Waals surface area contributed by atoms with Crippen LogP contribution in [-0.4, -0.2) is 27.0 Å². The van der Waals surface area contributed by atoms with Crippen molar-refractivity contribution in [3.63, 3.8) is 0 Å². The van der Waals surface area contributed by atoms with Gasteiger partial charge in [-0.05, 0) is 29.8 Å². The van der Waals surface area contributed by atoms with Gasteiger partial charge in [0.05, 0.1) is 18.4 Å². The predicted octanol–water partition coefficient (Wildman–Crippen LogP) is 4.81. The van der Waals surface area contributed by atoms with Gasteiger partial charge < -0.3 is 15.0 Å². The van der Waals surface area contributed by atoms with Crippen molar-refractivity contribution in [3.8, 4) is 28.4 Å². The molecule has 0 radical (unpaired) electrons. The molecule has 2 aromatic carbocycles. The number of rotatable bonds is 6. The number of imidazole rings is 1. The highest BCUT2D eigenvalue weighted by molar-refractivity contribution is 6.30. The standard InChI is InChI=1S/C21H18ClN5O/c1-28-17-4-2-3-14(11-17)12-25-21-26-13-18(20-23-9-10-24-20)19(27-21)15-5-7-16(22)8-6-15/h2-11,13H,12H2,1H3,(H,23,24)(H,25,26,27). The van der Waals surface area contributed by atoms with Crippen LogP contribution in [0.3, 0.4) is 0 Å². The van der Waals surface area contributed by atoms with E-state index in [9.17, 15) is 0 Å². The number of ether oxygens (including phenoxy) is 1. The summed E-state index contributed by atoms with van der Waals surface area (Å²) in [4.78, 5) is 16.6. The Morgan fingerprint density at radius 2 is 1.96 bits per heavy atom. The molecule has 0 saturated heterocycles. The Morgan fingerprint density at radius 1 is 1.11 bits per heavy atom. The Hall–Kier alpha value is -3.38. The fraction of sp³-hybridized carbons (Fsp3) is 0.0952. The van der Waals surface area contributed by atoms with Crippen molar-refractivity contribution in [1.29, 1.82) is 0 Å². The average molecular weight is 392 g/mol. The van der Waals surface area contributed by atoms with Crippen molar-refractivity contribution >= 4 is 17.5 Å². The van der Waals surface area contributed by atoms with Gasteiger partial charge in [-0.1, -0.05) is 35.9 Å². The number of anilines is 1. The van der Waals surface area contributed by atoms with Crippen LogP contribution in [0.25, 0.3) is 22.6 Å². The second-order valence-corrected chi connectivity index (χ2v) is 6.54. The average Bonchev–Trinajstić information content (AvgIpc) is 3.27. The van der Waals surface area contributed by atoms with Gasteiger partial charge in [-0.3, -0.25) is 0 Å². The van der Waals surface area contributed by atoms with E-state index in [1.54, 1.807) is 25.7 Å². The van der Waals surface area contributed by atoms with Crippen LogP contribution in [-0.2, 0) is 6.54 Å². The molecule has 0 spiro atoms. The molecule has 0 amide bonds. The summed E-state index contributed by atoms with van der Waals surface area (Å²) >= 11 is 6.04. The van der Waals surface area contributed by atoms with Crippen molar-refractivity contribution < 1.29 is 4.74 Å². The molecule has 2 N–H and O–H groups in total. The molecule has 28 heavy (non-hydrogen) atoms. The minimum atomic E-state index is 0.531. The molecule has 0 bridgehead atoms. The molecule has 6 nitrogen and oxygen atoms in total. The number of H-pyrrole nitrogens is 1. The zero-order chi connectivity index (χ0) is 19.3. The third-order valence-corrected chi connectivity index (χ3v) is 4.50. The van der Waals surface area contributed by atoms with E-state index in [0.29, 0.717) is 23.3 Å². The van der Waals surface area contributed by atoms with Crippen molar-refractivity contribution in [3.05, 3.63) is 77.7 Å². The van der Waals surface area contributed by atoms with Crippen LogP contribution >= 0.6 is 11.6 Å². The first-order chi connectivity index (χ1) is 13.7. The van der Waals surface area contributed by atoms with Gasteiger partial charge in [-0.25, -0.2) is 15.0 Å². The molecule has 2 heterocycles. The highest BCUT2D eigenvalue weighted by Crippen LogP contribution is 2.29. The van der Waals surface area contributed by atoms with Gasteiger partial charge in [0.25, 0.3) is 0 Å². The SMILES string of the molecule is COc1cccc(CNc2ncc(-c3ncc[nH]3)c(-c3ccc(Cl)cc3)n2)c1. The summed E-state index contributed by atoms with van der Waals surface area (Å²) in [5, 5.41) is 3.95. The number of halogens is 1. The molecule has 4 rings (SSSR count). The largest absolute Gasteiger partial charge is 0.497 e. The first-order valence-corrected chi connectivity index (χ1v) is 9.10. The highest BCUT2D eigenvalue weighted by Gasteiger charge is 2.13. The van der Waals surface area contributed by atoms with Crippen molar-refractivity contribution in [2.75, 3.05) is 12.4 Å². The van der Waals surface area contributed by atoms with Gasteiger partial charge in [0.2, 0.25) is 5.95 Å². The number of hydrogen-bond acceptors (Lipinski definition) is 5. The first kappa shape index (κ1) is 18.0. The monoisotopic (exact) mass is 391 g/mol. The summed E-state index contributed by atoms with van der Waals surface area (Å²) < 4.78 is 5.27. The van der Waals surface area contributed by atoms with Crippen LogP contribution in [0.5, 0.6) is 5.75 Å². The number of hydrogen-bond donors (Lipinski definition) is 2. The van der Waals surface area contributed by atoms with Gasteiger partial charge in [0.1, 0.15) is 11.6 Å². The predicted molar refractivity (Wildman–Crippen MR) is 110 cm³/mol. The van der Waals surface area contributed by atoms with Gasteiger partial charge in [0, 0.05) is 35.7 Å². The molecule has 0 unspecified atom stereocenters. The Bertz CT molecular complexity index is 1060. The number of aromatic nitrogens is 4. The number of nitrogens with zero attached hydrogens (tertiary/aromatic N) is 3. The lowest BCUT2D eigenvalue weighted by Crippen LogP contribution is -2.05. The molecule has 7 heteroatoms. The molecule has 140 valence electrons. The lowest BCUT2D eigenvalue weighted by atomic mass is 10.1. The molecule has 4 aromatic rings. The van der Waals surface area contributed by atoms with E-state index in [4.69, 9.17) is 21.3 Å². The molecular formula is C21H18ClN5O.